The Bertz CT molecular complexity index is 834. The summed E-state index contributed by atoms with van der Waals surface area (Å²) in [5.41, 5.74) is 7.93. The number of benzene rings is 1. The van der Waals surface area contributed by atoms with E-state index in [4.69, 9.17) is 5.73 Å². The summed E-state index contributed by atoms with van der Waals surface area (Å²) >= 11 is 1.15. The molecule has 0 radical (unpaired) electrons. The van der Waals surface area contributed by atoms with Crippen molar-refractivity contribution in [3.05, 3.63) is 52.0 Å². The van der Waals surface area contributed by atoms with Gasteiger partial charge in [-0.05, 0) is 37.8 Å². The predicted molar refractivity (Wildman–Crippen MR) is 96.3 cm³/mol. The molecule has 0 unspecified atom stereocenters. The molecule has 2 aromatic rings. The number of allylic oxidation sites excluding steroid dienone is 1. The predicted octanol–water partition coefficient (Wildman–Crippen LogP) is 2.86. The Balaban J connectivity index is 2.47. The Kier molecular flexibility index (Phi) is 5.27. The molecule has 1 heterocycles. The van der Waals surface area contributed by atoms with E-state index in [-0.39, 0.29) is 10.2 Å². The molecule has 0 aliphatic heterocycles. The lowest BCUT2D eigenvalue weighted by Crippen LogP contribution is -2.14. The van der Waals surface area contributed by atoms with Gasteiger partial charge in [-0.25, -0.2) is 18.4 Å². The number of anilines is 2. The number of rotatable bonds is 5. The highest BCUT2D eigenvalue weighted by Gasteiger charge is 2.21. The first-order chi connectivity index (χ1) is 10.8. The number of nitrogen functional groups attached to an aromatic ring is 1. The van der Waals surface area contributed by atoms with Gasteiger partial charge in [0.05, 0.1) is 5.69 Å². The summed E-state index contributed by atoms with van der Waals surface area (Å²) in [4.78, 5) is 8.04. The summed E-state index contributed by atoms with van der Waals surface area (Å²) in [7, 11) is -3.69. The number of hydrogen-bond acceptors (Lipinski definition) is 6. The van der Waals surface area contributed by atoms with Crippen LogP contribution >= 0.6 is 11.8 Å². The number of para-hydroxylation sites is 1. The molecule has 2 rings (SSSR count). The van der Waals surface area contributed by atoms with Gasteiger partial charge < -0.3 is 5.73 Å². The fourth-order valence-corrected chi connectivity index (χ4v) is 4.61. The second-order valence-corrected chi connectivity index (χ2v) is 7.51. The van der Waals surface area contributed by atoms with E-state index in [0.29, 0.717) is 22.5 Å². The first kappa shape index (κ1) is 17.3. The van der Waals surface area contributed by atoms with E-state index in [1.165, 1.54) is 0 Å². The first-order valence-electron chi connectivity index (χ1n) is 6.77. The lowest BCUT2D eigenvalue weighted by Gasteiger charge is -2.14. The van der Waals surface area contributed by atoms with Crippen molar-refractivity contribution in [2.45, 2.75) is 13.8 Å². The smallest absolute Gasteiger partial charge is 0.268 e. The molecular formula is C15H18N4O2S2. The molecule has 8 heteroatoms. The van der Waals surface area contributed by atoms with Crippen molar-refractivity contribution < 1.29 is 8.42 Å². The van der Waals surface area contributed by atoms with Crippen molar-refractivity contribution in [2.24, 2.45) is 0 Å². The van der Waals surface area contributed by atoms with Gasteiger partial charge in [0, 0.05) is 17.4 Å². The Hall–Kier alpha value is -2.06. The molecule has 23 heavy (non-hydrogen) atoms. The van der Waals surface area contributed by atoms with Crippen LogP contribution in [-0.2, 0) is 10.0 Å². The van der Waals surface area contributed by atoms with Gasteiger partial charge in [0.25, 0.3) is 10.0 Å². The second-order valence-electron chi connectivity index (χ2n) is 4.82. The molecule has 0 bridgehead atoms. The maximum absolute atomic E-state index is 12.7. The second kappa shape index (κ2) is 7.01. The van der Waals surface area contributed by atoms with E-state index in [1.807, 2.05) is 6.07 Å². The topological polar surface area (TPSA) is 98.0 Å². The minimum absolute atomic E-state index is 0.162. The SMILES string of the molecule is CS/C(=C(/C)c1cnc(N)nc1C)S(=O)(=O)Nc1ccccc1. The van der Waals surface area contributed by atoms with E-state index in [9.17, 15) is 8.42 Å². The van der Waals surface area contributed by atoms with E-state index in [1.54, 1.807) is 50.6 Å². The number of aryl methyl sites for hydroxylation is 1. The average Bonchev–Trinajstić information content (AvgIpc) is 2.47. The molecule has 0 saturated heterocycles. The van der Waals surface area contributed by atoms with Crippen LogP contribution in [0.2, 0.25) is 0 Å². The third kappa shape index (κ3) is 4.02. The maximum atomic E-state index is 12.7. The summed E-state index contributed by atoms with van der Waals surface area (Å²) in [5, 5.41) is 0. The Morgan fingerprint density at radius 2 is 1.91 bits per heavy atom. The van der Waals surface area contributed by atoms with Crippen LogP contribution in [0.25, 0.3) is 5.57 Å². The van der Waals surface area contributed by atoms with Crippen molar-refractivity contribution >= 4 is 39.0 Å². The van der Waals surface area contributed by atoms with Gasteiger partial charge in [0.1, 0.15) is 4.24 Å². The van der Waals surface area contributed by atoms with Gasteiger partial charge in [-0.3, -0.25) is 4.72 Å². The minimum Gasteiger partial charge on any atom is -0.368 e. The van der Waals surface area contributed by atoms with Gasteiger partial charge in [0.2, 0.25) is 5.95 Å². The highest BCUT2D eigenvalue weighted by Crippen LogP contribution is 2.31. The minimum atomic E-state index is -3.69. The molecule has 0 fully saturated rings. The Morgan fingerprint density at radius 3 is 2.48 bits per heavy atom. The van der Waals surface area contributed by atoms with Crippen LogP contribution in [0.15, 0.2) is 40.8 Å². The fraction of sp³-hybridized carbons (Fsp3) is 0.200. The van der Waals surface area contributed by atoms with Crippen LogP contribution in [0, 0.1) is 6.92 Å². The normalized spacial score (nSPS) is 12.7. The molecule has 6 nitrogen and oxygen atoms in total. The van der Waals surface area contributed by atoms with Crippen LogP contribution in [0.5, 0.6) is 0 Å². The lowest BCUT2D eigenvalue weighted by atomic mass is 10.1. The molecule has 0 spiro atoms. The van der Waals surface area contributed by atoms with Crippen molar-refractivity contribution in [2.75, 3.05) is 16.7 Å². The van der Waals surface area contributed by atoms with Gasteiger partial charge in [-0.15, -0.1) is 11.8 Å². The average molecular weight is 350 g/mol. The fourth-order valence-electron chi connectivity index (χ4n) is 2.14. The highest BCUT2D eigenvalue weighted by molar-refractivity contribution is 8.19. The number of thioether (sulfide) groups is 1. The molecular weight excluding hydrogens is 332 g/mol. The van der Waals surface area contributed by atoms with E-state index < -0.39 is 10.0 Å². The summed E-state index contributed by atoms with van der Waals surface area (Å²) < 4.78 is 28.1. The molecule has 0 atom stereocenters. The van der Waals surface area contributed by atoms with Crippen LogP contribution < -0.4 is 10.5 Å². The highest BCUT2D eigenvalue weighted by atomic mass is 32.3. The quantitative estimate of drug-likeness (QED) is 0.860. The third-order valence-electron chi connectivity index (χ3n) is 3.16. The van der Waals surface area contributed by atoms with Crippen molar-refractivity contribution in [1.82, 2.24) is 9.97 Å². The first-order valence-corrected chi connectivity index (χ1v) is 9.48. The van der Waals surface area contributed by atoms with E-state index in [0.717, 1.165) is 11.8 Å². The molecule has 1 aromatic heterocycles. The molecule has 3 N–H and O–H groups in total. The Labute approximate surface area is 140 Å². The van der Waals surface area contributed by atoms with Crippen LogP contribution in [0.1, 0.15) is 18.2 Å². The van der Waals surface area contributed by atoms with E-state index in [2.05, 4.69) is 14.7 Å². The number of sulfonamides is 1. The summed E-state index contributed by atoms with van der Waals surface area (Å²) in [5.74, 6) is 0.162. The monoisotopic (exact) mass is 350 g/mol. The number of hydrogen-bond donors (Lipinski definition) is 2. The maximum Gasteiger partial charge on any atom is 0.268 e. The summed E-state index contributed by atoms with van der Waals surface area (Å²) in [6.45, 7) is 3.50. The number of nitrogens with one attached hydrogen (secondary N) is 1. The summed E-state index contributed by atoms with van der Waals surface area (Å²) in [6, 6.07) is 8.75. The van der Waals surface area contributed by atoms with Crippen molar-refractivity contribution in [1.29, 1.82) is 0 Å². The van der Waals surface area contributed by atoms with Crippen LogP contribution in [0.3, 0.4) is 0 Å². The number of nitrogens with two attached hydrogens (primary N) is 1. The van der Waals surface area contributed by atoms with Crippen molar-refractivity contribution in [3.63, 3.8) is 0 Å². The standard InChI is InChI=1S/C15H18N4O2S2/c1-10(13-9-17-15(16)18-11(13)2)14(22-3)23(20,21)19-12-7-5-4-6-8-12/h4-9,19H,1-3H3,(H2,16,17,18)/b14-10+. The molecule has 0 amide bonds. The summed E-state index contributed by atoms with van der Waals surface area (Å²) in [6.07, 6.45) is 3.26. The number of aromatic nitrogens is 2. The van der Waals surface area contributed by atoms with Gasteiger partial charge in [0.15, 0.2) is 0 Å². The third-order valence-corrected chi connectivity index (χ3v) is 6.30. The zero-order chi connectivity index (χ0) is 17.0. The van der Waals surface area contributed by atoms with Crippen LogP contribution in [-0.4, -0.2) is 24.6 Å². The van der Waals surface area contributed by atoms with Gasteiger partial charge >= 0.3 is 0 Å². The zero-order valence-corrected chi connectivity index (χ0v) is 14.7. The Morgan fingerprint density at radius 1 is 1.26 bits per heavy atom. The lowest BCUT2D eigenvalue weighted by molar-refractivity contribution is 0.609. The van der Waals surface area contributed by atoms with Gasteiger partial charge in [-0.2, -0.15) is 0 Å². The van der Waals surface area contributed by atoms with Crippen molar-refractivity contribution in [3.8, 4) is 0 Å². The van der Waals surface area contributed by atoms with Crippen LogP contribution in [0.4, 0.5) is 11.6 Å². The molecule has 1 aromatic carbocycles. The molecule has 0 saturated carbocycles. The molecule has 122 valence electrons. The van der Waals surface area contributed by atoms with E-state index >= 15 is 0 Å². The number of nitrogens with zero attached hydrogens (tertiary/aromatic N) is 2. The zero-order valence-electron chi connectivity index (χ0n) is 13.1. The molecule has 0 aliphatic rings. The van der Waals surface area contributed by atoms with Gasteiger partial charge in [-0.1, -0.05) is 18.2 Å². The molecule has 0 aliphatic carbocycles. The largest absolute Gasteiger partial charge is 0.368 e.